The van der Waals surface area contributed by atoms with Gasteiger partial charge in [0.1, 0.15) is 24.0 Å². The van der Waals surface area contributed by atoms with Crippen LogP contribution in [0.1, 0.15) is 44.2 Å². The SMILES string of the molecule is C[C@@H]1CN[C@@H](C2CC2)C(=O)N(C)[C@H](C)C(=O)N[C@H](Cc2ccc(F)cc2)C(=O)NCCCc2cccc(O)c2O1. The van der Waals surface area contributed by atoms with E-state index in [1.807, 2.05) is 13.0 Å². The molecule has 1 aliphatic heterocycles. The van der Waals surface area contributed by atoms with E-state index >= 15 is 0 Å². The van der Waals surface area contributed by atoms with E-state index in [-0.39, 0.29) is 41.8 Å². The van der Waals surface area contributed by atoms with Crippen LogP contribution in [0.25, 0.3) is 0 Å². The second-order valence-electron chi connectivity index (χ2n) is 10.8. The fraction of sp³-hybridized carbons (Fsp3) is 0.500. The second-order valence-corrected chi connectivity index (χ2v) is 10.8. The molecule has 40 heavy (non-hydrogen) atoms. The highest BCUT2D eigenvalue weighted by Gasteiger charge is 2.39. The van der Waals surface area contributed by atoms with E-state index in [0.29, 0.717) is 37.2 Å². The first-order valence-electron chi connectivity index (χ1n) is 13.9. The molecule has 1 saturated carbocycles. The Bertz CT molecular complexity index is 1200. The number of fused-ring (bicyclic) bond motifs is 1. The molecule has 1 heterocycles. The molecule has 0 radical (unpaired) electrons. The Morgan fingerprint density at radius 2 is 1.77 bits per heavy atom. The summed E-state index contributed by atoms with van der Waals surface area (Å²) >= 11 is 0. The number of nitrogens with one attached hydrogen (secondary N) is 3. The van der Waals surface area contributed by atoms with E-state index < -0.39 is 24.0 Å². The number of nitrogens with zero attached hydrogens (tertiary/aromatic N) is 1. The lowest BCUT2D eigenvalue weighted by Gasteiger charge is -2.31. The number of aromatic hydroxyl groups is 1. The van der Waals surface area contributed by atoms with Crippen molar-refractivity contribution in [2.45, 2.75) is 70.2 Å². The van der Waals surface area contributed by atoms with Gasteiger partial charge in [-0.3, -0.25) is 14.4 Å². The number of rotatable bonds is 3. The maximum atomic E-state index is 13.5. The molecule has 3 amide bonds. The number of carbonyl (C=O) groups is 3. The third kappa shape index (κ3) is 7.50. The van der Waals surface area contributed by atoms with Crippen molar-refractivity contribution in [2.75, 3.05) is 20.1 Å². The Kier molecular flexibility index (Phi) is 9.63. The monoisotopic (exact) mass is 554 g/mol. The van der Waals surface area contributed by atoms with Crippen LogP contribution in [0.4, 0.5) is 4.39 Å². The minimum Gasteiger partial charge on any atom is -0.504 e. The van der Waals surface area contributed by atoms with Crippen LogP contribution in [-0.4, -0.2) is 72.1 Å². The van der Waals surface area contributed by atoms with Crippen LogP contribution < -0.4 is 20.7 Å². The van der Waals surface area contributed by atoms with E-state index in [1.165, 1.54) is 17.0 Å². The molecule has 2 aromatic rings. The van der Waals surface area contributed by atoms with Crippen molar-refractivity contribution in [1.29, 1.82) is 0 Å². The van der Waals surface area contributed by atoms with Gasteiger partial charge in [0.05, 0.1) is 6.04 Å². The fourth-order valence-electron chi connectivity index (χ4n) is 4.88. The number of carbonyl (C=O) groups excluding carboxylic acids is 3. The number of hydrogen-bond donors (Lipinski definition) is 4. The molecular weight excluding hydrogens is 515 g/mol. The molecule has 10 heteroatoms. The number of halogens is 1. The van der Waals surface area contributed by atoms with E-state index in [0.717, 1.165) is 18.4 Å². The number of amides is 3. The average molecular weight is 555 g/mol. The summed E-state index contributed by atoms with van der Waals surface area (Å²) in [7, 11) is 1.59. The molecule has 0 bridgehead atoms. The van der Waals surface area contributed by atoms with Gasteiger partial charge in [-0.05, 0) is 74.8 Å². The Morgan fingerprint density at radius 1 is 1.05 bits per heavy atom. The number of para-hydroxylation sites is 1. The van der Waals surface area contributed by atoms with E-state index in [4.69, 9.17) is 4.74 Å². The van der Waals surface area contributed by atoms with Crippen molar-refractivity contribution < 1.29 is 28.6 Å². The third-order valence-electron chi connectivity index (χ3n) is 7.60. The summed E-state index contributed by atoms with van der Waals surface area (Å²) < 4.78 is 19.6. The van der Waals surface area contributed by atoms with Crippen molar-refractivity contribution in [3.8, 4) is 11.5 Å². The van der Waals surface area contributed by atoms with E-state index in [9.17, 15) is 23.9 Å². The molecule has 4 N–H and O–H groups in total. The van der Waals surface area contributed by atoms with Crippen molar-refractivity contribution in [3.05, 3.63) is 59.4 Å². The van der Waals surface area contributed by atoms with Gasteiger partial charge < -0.3 is 30.7 Å². The molecule has 0 unspecified atom stereocenters. The van der Waals surface area contributed by atoms with Crippen LogP contribution in [0.2, 0.25) is 0 Å². The van der Waals surface area contributed by atoms with Gasteiger partial charge in [0.15, 0.2) is 11.5 Å². The number of ether oxygens (including phenoxy) is 1. The van der Waals surface area contributed by atoms with Gasteiger partial charge in [-0.1, -0.05) is 24.3 Å². The molecule has 9 nitrogen and oxygen atoms in total. The maximum Gasteiger partial charge on any atom is 0.243 e. The van der Waals surface area contributed by atoms with Gasteiger partial charge in [-0.25, -0.2) is 4.39 Å². The summed E-state index contributed by atoms with van der Waals surface area (Å²) in [5.41, 5.74) is 1.50. The average Bonchev–Trinajstić information content (AvgIpc) is 3.77. The number of aryl methyl sites for hydroxylation is 1. The van der Waals surface area contributed by atoms with Crippen LogP contribution in [0.5, 0.6) is 11.5 Å². The second kappa shape index (κ2) is 13.1. The highest BCUT2D eigenvalue weighted by atomic mass is 19.1. The number of likely N-dealkylation sites (N-methyl/N-ethyl adjacent to an activating group) is 1. The Hall–Kier alpha value is -3.66. The number of hydrogen-bond acceptors (Lipinski definition) is 6. The third-order valence-corrected chi connectivity index (χ3v) is 7.60. The number of phenols is 1. The minimum absolute atomic E-state index is 0.0354. The zero-order valence-corrected chi connectivity index (χ0v) is 23.3. The van der Waals surface area contributed by atoms with Crippen molar-refractivity contribution in [2.24, 2.45) is 5.92 Å². The molecule has 2 aromatic carbocycles. The van der Waals surface area contributed by atoms with Gasteiger partial charge in [-0.2, -0.15) is 0 Å². The Labute approximate surface area is 234 Å². The van der Waals surface area contributed by atoms with Crippen LogP contribution in [0, 0.1) is 11.7 Å². The largest absolute Gasteiger partial charge is 0.504 e. The summed E-state index contributed by atoms with van der Waals surface area (Å²) in [5, 5.41) is 19.5. The van der Waals surface area contributed by atoms with Gasteiger partial charge in [0.2, 0.25) is 17.7 Å². The molecular formula is C30H39FN4O5. The quantitative estimate of drug-likeness (QED) is 0.462. The lowest BCUT2D eigenvalue weighted by molar-refractivity contribution is -0.141. The lowest BCUT2D eigenvalue weighted by atomic mass is 10.0. The molecule has 216 valence electrons. The number of phenolic OH excluding ortho intramolecular Hbond substituents is 1. The van der Waals surface area contributed by atoms with Crippen LogP contribution in [-0.2, 0) is 27.2 Å². The summed E-state index contributed by atoms with van der Waals surface area (Å²) in [6, 6.07) is 8.76. The first-order chi connectivity index (χ1) is 19.1. The molecule has 1 fully saturated rings. The zero-order chi connectivity index (χ0) is 28.8. The van der Waals surface area contributed by atoms with Crippen LogP contribution in [0.15, 0.2) is 42.5 Å². The van der Waals surface area contributed by atoms with Crippen molar-refractivity contribution in [3.63, 3.8) is 0 Å². The highest BCUT2D eigenvalue weighted by molar-refractivity contribution is 5.93. The van der Waals surface area contributed by atoms with E-state index in [1.54, 1.807) is 38.2 Å². The fourth-order valence-corrected chi connectivity index (χ4v) is 4.88. The lowest BCUT2D eigenvalue weighted by Crippen LogP contribution is -2.57. The Balaban J connectivity index is 1.58. The molecule has 1 aliphatic carbocycles. The summed E-state index contributed by atoms with van der Waals surface area (Å²) in [6.07, 6.45) is 2.78. The van der Waals surface area contributed by atoms with Gasteiger partial charge in [-0.15, -0.1) is 0 Å². The summed E-state index contributed by atoms with van der Waals surface area (Å²) in [6.45, 7) is 4.22. The Morgan fingerprint density at radius 3 is 2.48 bits per heavy atom. The molecule has 0 saturated heterocycles. The van der Waals surface area contributed by atoms with Crippen molar-refractivity contribution in [1.82, 2.24) is 20.9 Å². The summed E-state index contributed by atoms with van der Waals surface area (Å²) in [4.78, 5) is 41.4. The standard InChI is InChI=1S/C30H39FN4O5/c1-18-17-33-26(21-11-12-21)30(39)35(3)19(2)28(37)34-24(16-20-9-13-23(31)14-10-20)29(38)32-15-5-7-22-6-4-8-25(36)27(22)40-18/h4,6,8-10,13-14,18-19,21,24,26,33,36H,5,7,11-12,15-17H2,1-3H3,(H,32,38)(H,34,37)/t18-,19-,24-,26+/m1/s1. The van der Waals surface area contributed by atoms with Gasteiger partial charge in [0, 0.05) is 26.6 Å². The molecule has 0 aromatic heterocycles. The first-order valence-corrected chi connectivity index (χ1v) is 13.9. The molecule has 2 aliphatic rings. The van der Waals surface area contributed by atoms with E-state index in [2.05, 4.69) is 16.0 Å². The predicted octanol–water partition coefficient (Wildman–Crippen LogP) is 2.30. The molecule has 4 rings (SSSR count). The maximum absolute atomic E-state index is 13.5. The highest BCUT2D eigenvalue weighted by Crippen LogP contribution is 2.34. The van der Waals surface area contributed by atoms with Crippen LogP contribution >= 0.6 is 0 Å². The molecule has 4 atom stereocenters. The van der Waals surface area contributed by atoms with Gasteiger partial charge in [0.25, 0.3) is 0 Å². The normalized spacial score (nSPS) is 25.6. The number of benzene rings is 2. The van der Waals surface area contributed by atoms with Crippen molar-refractivity contribution >= 4 is 17.7 Å². The summed E-state index contributed by atoms with van der Waals surface area (Å²) in [5.74, 6) is -0.825. The zero-order valence-electron chi connectivity index (χ0n) is 23.3. The molecule has 0 spiro atoms. The van der Waals surface area contributed by atoms with Crippen LogP contribution in [0.3, 0.4) is 0 Å². The first kappa shape index (κ1) is 29.3. The predicted molar refractivity (Wildman–Crippen MR) is 148 cm³/mol. The smallest absolute Gasteiger partial charge is 0.243 e. The van der Waals surface area contributed by atoms with Gasteiger partial charge >= 0.3 is 0 Å². The minimum atomic E-state index is -0.916. The topological polar surface area (TPSA) is 120 Å².